The molecule has 1 N–H and O–H groups in total. The Kier molecular flexibility index (Phi) is 7.24. The standard InChI is InChI=1S/C35H35BrN8O4/c1-16-5-6-27(36)39-33(16)40-34(47)31-24-9-22(24)14-43(31)35(48)32-25-10-21(25)13-42(32)28(46)15-44-30-17(2)7-20(23-11-37-19(4)38-12-23)8-26(30)29(41-44)18(3)45/h5-8,11-12,21-22,24-25,31-32H,9-10,13-15H2,1-4H3,(H,39,40,47)/t21-,22-,24-,25-,31?,32+/m1/s1. The highest BCUT2D eigenvalue weighted by Crippen LogP contribution is 2.54. The van der Waals surface area contributed by atoms with Gasteiger partial charge in [0, 0.05) is 43.4 Å². The van der Waals surface area contributed by atoms with E-state index in [9.17, 15) is 19.2 Å². The summed E-state index contributed by atoms with van der Waals surface area (Å²) in [5.41, 5.74) is 4.34. The van der Waals surface area contributed by atoms with Gasteiger partial charge in [0.1, 0.15) is 40.6 Å². The van der Waals surface area contributed by atoms with Gasteiger partial charge in [0.05, 0.1) is 5.52 Å². The SMILES string of the molecule is CC(=O)c1nn(CC(=O)N2C[C@H]3C[C@H]3[C@H]2C(=O)N2C[C@H]3C[C@H]3C2C(=O)Nc2nc(Br)ccc2C)c2c(C)cc(-c3cnc(C)nc3)cc12. The number of likely N-dealkylation sites (tertiary alicyclic amines) is 2. The van der Waals surface area contributed by atoms with Crippen molar-refractivity contribution in [2.75, 3.05) is 18.4 Å². The number of benzene rings is 1. The molecule has 0 spiro atoms. The second kappa shape index (κ2) is 11.3. The van der Waals surface area contributed by atoms with Crippen LogP contribution in [0, 0.1) is 44.4 Å². The molecule has 4 aliphatic rings. The maximum Gasteiger partial charge on any atom is 0.248 e. The van der Waals surface area contributed by atoms with E-state index in [4.69, 9.17) is 0 Å². The lowest BCUT2D eigenvalue weighted by molar-refractivity contribution is -0.148. The summed E-state index contributed by atoms with van der Waals surface area (Å²) in [6, 6.07) is 6.35. The van der Waals surface area contributed by atoms with Crippen LogP contribution in [0.4, 0.5) is 5.82 Å². The summed E-state index contributed by atoms with van der Waals surface area (Å²) < 4.78 is 2.21. The topological polar surface area (TPSA) is 143 Å². The summed E-state index contributed by atoms with van der Waals surface area (Å²) >= 11 is 3.37. The minimum atomic E-state index is -0.621. The molecule has 48 heavy (non-hydrogen) atoms. The molecule has 3 aromatic heterocycles. The Morgan fingerprint density at radius 3 is 2.29 bits per heavy atom. The Balaban J connectivity index is 1.05. The summed E-state index contributed by atoms with van der Waals surface area (Å²) in [7, 11) is 0. The van der Waals surface area contributed by atoms with Crippen LogP contribution in [0.25, 0.3) is 22.0 Å². The first-order valence-corrected chi connectivity index (χ1v) is 17.1. The Morgan fingerprint density at radius 2 is 1.58 bits per heavy atom. The van der Waals surface area contributed by atoms with Gasteiger partial charge in [0.2, 0.25) is 17.7 Å². The number of anilines is 1. The van der Waals surface area contributed by atoms with Gasteiger partial charge >= 0.3 is 0 Å². The van der Waals surface area contributed by atoms with Crippen molar-refractivity contribution in [3.63, 3.8) is 0 Å². The van der Waals surface area contributed by atoms with Gasteiger partial charge in [-0.05, 0) is 108 Å². The maximum absolute atomic E-state index is 14.3. The van der Waals surface area contributed by atoms with Crippen LogP contribution < -0.4 is 5.32 Å². The summed E-state index contributed by atoms with van der Waals surface area (Å²) in [6.45, 7) is 8.00. The molecule has 246 valence electrons. The lowest BCUT2D eigenvalue weighted by atomic mass is 10.0. The Bertz CT molecular complexity index is 2040. The Labute approximate surface area is 285 Å². The summed E-state index contributed by atoms with van der Waals surface area (Å²) in [6.07, 6.45) is 5.30. The molecule has 3 amide bonds. The predicted octanol–water partition coefficient (Wildman–Crippen LogP) is 4.11. The van der Waals surface area contributed by atoms with Gasteiger partial charge in [-0.25, -0.2) is 15.0 Å². The number of carbonyl (C=O) groups is 4. The molecule has 2 saturated heterocycles. The predicted molar refractivity (Wildman–Crippen MR) is 180 cm³/mol. The summed E-state index contributed by atoms with van der Waals surface area (Å²) in [5.74, 6) is 1.06. The number of pyridine rings is 1. The highest BCUT2D eigenvalue weighted by molar-refractivity contribution is 9.10. The first-order valence-electron chi connectivity index (χ1n) is 16.3. The van der Waals surface area contributed by atoms with Gasteiger partial charge < -0.3 is 15.1 Å². The summed E-state index contributed by atoms with van der Waals surface area (Å²) in [5, 5.41) is 8.24. The number of ketones is 1. The molecule has 13 heteroatoms. The largest absolute Gasteiger partial charge is 0.328 e. The van der Waals surface area contributed by atoms with Crippen LogP contribution in [0.2, 0.25) is 0 Å². The zero-order valence-electron chi connectivity index (χ0n) is 27.1. The van der Waals surface area contributed by atoms with E-state index in [0.717, 1.165) is 35.1 Å². The molecule has 2 aliphatic heterocycles. The number of carbonyl (C=O) groups excluding carboxylic acids is 4. The molecule has 6 atom stereocenters. The number of hydrogen-bond donors (Lipinski definition) is 1. The number of fused-ring (bicyclic) bond motifs is 3. The number of hydrogen-bond acceptors (Lipinski definition) is 8. The number of aryl methyl sites for hydroxylation is 3. The van der Waals surface area contributed by atoms with Gasteiger partial charge in [-0.3, -0.25) is 23.9 Å². The van der Waals surface area contributed by atoms with Crippen molar-refractivity contribution >= 4 is 56.2 Å². The molecule has 4 fully saturated rings. The maximum atomic E-state index is 14.3. The Morgan fingerprint density at radius 1 is 0.896 bits per heavy atom. The third-order valence-corrected chi connectivity index (χ3v) is 10.9. The van der Waals surface area contributed by atoms with E-state index >= 15 is 0 Å². The van der Waals surface area contributed by atoms with Crippen molar-refractivity contribution in [1.82, 2.24) is 34.5 Å². The van der Waals surface area contributed by atoms with E-state index in [2.05, 4.69) is 41.3 Å². The fourth-order valence-corrected chi connectivity index (χ4v) is 8.20. The smallest absolute Gasteiger partial charge is 0.248 e. The van der Waals surface area contributed by atoms with Crippen LogP contribution in [0.15, 0.2) is 41.3 Å². The molecular formula is C35H35BrN8O4. The van der Waals surface area contributed by atoms with Crippen LogP contribution in [0.3, 0.4) is 0 Å². The van der Waals surface area contributed by atoms with E-state index in [1.807, 2.05) is 45.0 Å². The number of nitrogens with one attached hydrogen (secondary N) is 1. The van der Waals surface area contributed by atoms with Gasteiger partial charge in [-0.15, -0.1) is 0 Å². The molecule has 2 saturated carbocycles. The normalized spacial score (nSPS) is 25.2. The quantitative estimate of drug-likeness (QED) is 0.223. The highest BCUT2D eigenvalue weighted by Gasteiger charge is 2.62. The Hall–Kier alpha value is -4.52. The van der Waals surface area contributed by atoms with Crippen molar-refractivity contribution in [3.8, 4) is 11.1 Å². The van der Waals surface area contributed by atoms with Gasteiger partial charge in [0.15, 0.2) is 5.78 Å². The molecule has 4 aromatic rings. The van der Waals surface area contributed by atoms with Crippen molar-refractivity contribution < 1.29 is 19.2 Å². The fraction of sp³-hybridized carbons (Fsp3) is 0.429. The fourth-order valence-electron chi connectivity index (χ4n) is 7.89. The van der Waals surface area contributed by atoms with Crippen molar-refractivity contribution in [2.45, 2.75) is 59.2 Å². The third-order valence-electron chi connectivity index (χ3n) is 10.5. The van der Waals surface area contributed by atoms with Crippen LogP contribution in [0.5, 0.6) is 0 Å². The number of piperidine rings is 2. The van der Waals surface area contributed by atoms with Gasteiger partial charge in [0.25, 0.3) is 0 Å². The van der Waals surface area contributed by atoms with E-state index in [0.29, 0.717) is 46.2 Å². The van der Waals surface area contributed by atoms with Gasteiger partial charge in [-0.2, -0.15) is 5.10 Å². The molecule has 5 heterocycles. The first kappa shape index (κ1) is 30.8. The summed E-state index contributed by atoms with van der Waals surface area (Å²) in [4.78, 5) is 71.2. The molecule has 8 rings (SSSR count). The molecule has 0 radical (unpaired) electrons. The number of Topliss-reactive ketones (excluding diaryl/α,β-unsaturated/α-hetero) is 1. The molecule has 0 bridgehead atoms. The van der Waals surface area contributed by atoms with Crippen molar-refractivity contribution in [1.29, 1.82) is 0 Å². The zero-order valence-corrected chi connectivity index (χ0v) is 28.7. The van der Waals surface area contributed by atoms with Crippen LogP contribution in [0.1, 0.15) is 47.2 Å². The number of nitrogens with zero attached hydrogens (tertiary/aromatic N) is 7. The second-order valence-corrected chi connectivity index (χ2v) is 14.6. The molecule has 12 nitrogen and oxygen atoms in total. The van der Waals surface area contributed by atoms with Crippen LogP contribution in [-0.4, -0.2) is 83.2 Å². The van der Waals surface area contributed by atoms with E-state index in [1.165, 1.54) is 6.92 Å². The number of rotatable bonds is 7. The minimum absolute atomic E-state index is 0.0826. The molecule has 1 unspecified atom stereocenters. The van der Waals surface area contributed by atoms with Crippen molar-refractivity contribution in [3.05, 3.63) is 63.9 Å². The molecule has 2 aliphatic carbocycles. The average molecular weight is 712 g/mol. The van der Waals surface area contributed by atoms with Gasteiger partial charge in [-0.1, -0.05) is 6.07 Å². The number of halogens is 1. The second-order valence-electron chi connectivity index (χ2n) is 13.8. The molecule has 1 aromatic carbocycles. The first-order chi connectivity index (χ1) is 23.0. The van der Waals surface area contributed by atoms with E-state index in [1.54, 1.807) is 26.9 Å². The highest BCUT2D eigenvalue weighted by atomic mass is 79.9. The third kappa shape index (κ3) is 5.19. The van der Waals surface area contributed by atoms with Crippen molar-refractivity contribution in [2.24, 2.45) is 23.7 Å². The lowest BCUT2D eigenvalue weighted by Gasteiger charge is -2.34. The average Bonchev–Trinajstić information content (AvgIpc) is 3.86. The lowest BCUT2D eigenvalue weighted by Crippen LogP contribution is -2.55. The molecular weight excluding hydrogens is 676 g/mol. The zero-order chi connectivity index (χ0) is 33.6. The monoisotopic (exact) mass is 710 g/mol. The number of aromatic nitrogens is 5. The van der Waals surface area contributed by atoms with Crippen LogP contribution in [-0.2, 0) is 20.9 Å². The van der Waals surface area contributed by atoms with E-state index < -0.39 is 12.1 Å². The van der Waals surface area contributed by atoms with Crippen LogP contribution >= 0.6 is 15.9 Å². The minimum Gasteiger partial charge on any atom is -0.328 e. The van der Waals surface area contributed by atoms with E-state index in [-0.39, 0.29) is 53.5 Å². The number of amides is 3.